The van der Waals surface area contributed by atoms with Crippen molar-refractivity contribution in [1.82, 2.24) is 0 Å². The van der Waals surface area contributed by atoms with Gasteiger partial charge in [-0.25, -0.2) is 0 Å². The molecule has 0 amide bonds. The summed E-state index contributed by atoms with van der Waals surface area (Å²) in [6, 6.07) is 0. The molecule has 0 aliphatic rings. The number of hydrogen-bond donors (Lipinski definition) is 0. The van der Waals surface area contributed by atoms with Gasteiger partial charge >= 0.3 is 0 Å². The van der Waals surface area contributed by atoms with Crippen LogP contribution in [-0.2, 0) is 4.74 Å². The molecule has 0 aromatic heterocycles. The Morgan fingerprint density at radius 1 is 0.917 bits per heavy atom. The van der Waals surface area contributed by atoms with E-state index in [4.69, 9.17) is 4.74 Å². The maximum absolute atomic E-state index is 5.82. The van der Waals surface area contributed by atoms with Crippen LogP contribution in [0.3, 0.4) is 0 Å². The molecule has 1 nitrogen and oxygen atoms in total. The van der Waals surface area contributed by atoms with Crippen LogP contribution in [0.15, 0.2) is 0 Å². The van der Waals surface area contributed by atoms with Gasteiger partial charge in [0.05, 0.1) is 12.2 Å². The molecule has 0 spiro atoms. The van der Waals surface area contributed by atoms with Crippen LogP contribution in [0.1, 0.15) is 48.0 Å². The monoisotopic (exact) mass is 172 g/mol. The molecule has 0 heterocycles. The van der Waals surface area contributed by atoms with E-state index in [9.17, 15) is 0 Å². The van der Waals surface area contributed by atoms with Gasteiger partial charge < -0.3 is 4.74 Å². The highest BCUT2D eigenvalue weighted by Gasteiger charge is 2.16. The van der Waals surface area contributed by atoms with Crippen molar-refractivity contribution in [1.29, 1.82) is 0 Å². The van der Waals surface area contributed by atoms with Gasteiger partial charge in [0, 0.05) is 0 Å². The summed E-state index contributed by atoms with van der Waals surface area (Å²) in [6.07, 6.45) is 1.97. The van der Waals surface area contributed by atoms with Crippen LogP contribution in [0.4, 0.5) is 0 Å². The summed E-state index contributed by atoms with van der Waals surface area (Å²) in [7, 11) is 0. The lowest BCUT2D eigenvalue weighted by Gasteiger charge is -2.25. The smallest absolute Gasteiger partial charge is 0.0603 e. The number of rotatable bonds is 5. The Kier molecular flexibility index (Phi) is 5.56. The van der Waals surface area contributed by atoms with Gasteiger partial charge in [-0.05, 0) is 32.1 Å². The summed E-state index contributed by atoms with van der Waals surface area (Å²) in [5, 5.41) is 0. The van der Waals surface area contributed by atoms with E-state index in [-0.39, 0.29) is 0 Å². The first kappa shape index (κ1) is 12.0. The average molecular weight is 172 g/mol. The van der Waals surface area contributed by atoms with Crippen molar-refractivity contribution in [2.75, 3.05) is 0 Å². The van der Waals surface area contributed by atoms with Crippen molar-refractivity contribution in [2.45, 2.75) is 60.2 Å². The van der Waals surface area contributed by atoms with Crippen LogP contribution < -0.4 is 0 Å². The fraction of sp³-hybridized carbons (Fsp3) is 1.00. The van der Waals surface area contributed by atoms with E-state index < -0.39 is 0 Å². The second-order valence-electron chi connectivity index (χ2n) is 4.60. The van der Waals surface area contributed by atoms with Gasteiger partial charge in [0.1, 0.15) is 0 Å². The van der Waals surface area contributed by atoms with Crippen LogP contribution >= 0.6 is 0 Å². The zero-order valence-corrected chi connectivity index (χ0v) is 9.42. The molecule has 0 saturated heterocycles. The maximum Gasteiger partial charge on any atom is 0.0603 e. The Labute approximate surface area is 77.5 Å². The first-order chi connectivity index (χ1) is 5.43. The minimum absolute atomic E-state index is 0.358. The van der Waals surface area contributed by atoms with Crippen molar-refractivity contribution in [2.24, 2.45) is 11.8 Å². The molecule has 74 valence electrons. The summed E-state index contributed by atoms with van der Waals surface area (Å²) in [5.74, 6) is 1.37. The molecule has 0 aliphatic heterocycles. The molecule has 0 bridgehead atoms. The summed E-state index contributed by atoms with van der Waals surface area (Å²) in [6.45, 7) is 13.2. The third-order valence-corrected chi connectivity index (χ3v) is 1.89. The highest BCUT2D eigenvalue weighted by Crippen LogP contribution is 2.17. The predicted molar refractivity (Wildman–Crippen MR) is 54.3 cm³/mol. The molecule has 0 fully saturated rings. The fourth-order valence-electron chi connectivity index (χ4n) is 1.30. The van der Waals surface area contributed by atoms with Gasteiger partial charge in [-0.3, -0.25) is 0 Å². The zero-order chi connectivity index (χ0) is 9.72. The maximum atomic E-state index is 5.82. The van der Waals surface area contributed by atoms with Crippen molar-refractivity contribution in [3.05, 3.63) is 0 Å². The van der Waals surface area contributed by atoms with Crippen LogP contribution in [0.5, 0.6) is 0 Å². The lowest BCUT2D eigenvalue weighted by atomic mass is 9.97. The minimum Gasteiger partial charge on any atom is -0.375 e. The molecule has 0 aromatic carbocycles. The summed E-state index contributed by atoms with van der Waals surface area (Å²) >= 11 is 0. The van der Waals surface area contributed by atoms with Gasteiger partial charge in [-0.1, -0.05) is 27.7 Å². The number of ether oxygens (including phenoxy) is 1. The highest BCUT2D eigenvalue weighted by atomic mass is 16.5. The lowest BCUT2D eigenvalue weighted by molar-refractivity contribution is -0.0287. The summed E-state index contributed by atoms with van der Waals surface area (Å²) < 4.78 is 5.82. The second-order valence-corrected chi connectivity index (χ2v) is 4.60. The molecule has 1 heteroatoms. The molecule has 0 N–H and O–H groups in total. The molecule has 0 rings (SSSR count). The molecule has 0 saturated carbocycles. The van der Waals surface area contributed by atoms with Crippen LogP contribution in [0, 0.1) is 11.8 Å². The largest absolute Gasteiger partial charge is 0.375 e. The Morgan fingerprint density at radius 2 is 1.42 bits per heavy atom. The van der Waals surface area contributed by atoms with E-state index in [0.29, 0.717) is 18.1 Å². The fourth-order valence-corrected chi connectivity index (χ4v) is 1.30. The van der Waals surface area contributed by atoms with Crippen LogP contribution in [0.25, 0.3) is 0 Å². The van der Waals surface area contributed by atoms with Gasteiger partial charge in [-0.15, -0.1) is 0 Å². The van der Waals surface area contributed by atoms with E-state index in [0.717, 1.165) is 5.92 Å². The third-order valence-electron chi connectivity index (χ3n) is 1.89. The number of hydrogen-bond acceptors (Lipinski definition) is 1. The molecule has 12 heavy (non-hydrogen) atoms. The van der Waals surface area contributed by atoms with Crippen molar-refractivity contribution < 1.29 is 4.74 Å². The first-order valence-corrected chi connectivity index (χ1v) is 5.09. The van der Waals surface area contributed by atoms with E-state index >= 15 is 0 Å². The zero-order valence-electron chi connectivity index (χ0n) is 9.42. The standard InChI is InChI=1S/C11H24O/c1-8(2)7-11(9(3)4)12-10(5)6/h8-11H,7H2,1-6H3. The lowest BCUT2D eigenvalue weighted by Crippen LogP contribution is -2.25. The average Bonchev–Trinajstić information content (AvgIpc) is 1.83. The molecule has 0 aromatic rings. The van der Waals surface area contributed by atoms with Crippen molar-refractivity contribution in [3.8, 4) is 0 Å². The Bertz CT molecular complexity index is 95.6. The molecular formula is C11H24O. The van der Waals surface area contributed by atoms with Gasteiger partial charge in [0.15, 0.2) is 0 Å². The van der Waals surface area contributed by atoms with Crippen molar-refractivity contribution in [3.63, 3.8) is 0 Å². The topological polar surface area (TPSA) is 9.23 Å². The quantitative estimate of drug-likeness (QED) is 0.617. The van der Waals surface area contributed by atoms with Crippen LogP contribution in [-0.4, -0.2) is 12.2 Å². The molecule has 0 radical (unpaired) electrons. The SMILES string of the molecule is CC(C)CC(OC(C)C)C(C)C. The summed E-state index contributed by atoms with van der Waals surface area (Å²) in [4.78, 5) is 0. The van der Waals surface area contributed by atoms with E-state index in [1.54, 1.807) is 0 Å². The van der Waals surface area contributed by atoms with E-state index in [2.05, 4.69) is 41.5 Å². The highest BCUT2D eigenvalue weighted by molar-refractivity contribution is 4.65. The Morgan fingerprint density at radius 3 is 1.67 bits per heavy atom. The Hall–Kier alpha value is -0.0400. The molecule has 1 unspecified atom stereocenters. The third kappa shape index (κ3) is 5.59. The minimum atomic E-state index is 0.358. The van der Waals surface area contributed by atoms with Gasteiger partial charge in [0.25, 0.3) is 0 Å². The molecule has 1 atom stereocenters. The predicted octanol–water partition coefficient (Wildman–Crippen LogP) is 3.48. The van der Waals surface area contributed by atoms with Crippen molar-refractivity contribution >= 4 is 0 Å². The molecular weight excluding hydrogens is 148 g/mol. The van der Waals surface area contributed by atoms with Gasteiger partial charge in [-0.2, -0.15) is 0 Å². The van der Waals surface area contributed by atoms with Crippen LogP contribution in [0.2, 0.25) is 0 Å². The summed E-state index contributed by atoms with van der Waals surface area (Å²) in [5.41, 5.74) is 0. The Balaban J connectivity index is 3.87. The van der Waals surface area contributed by atoms with E-state index in [1.807, 2.05) is 0 Å². The molecule has 0 aliphatic carbocycles. The van der Waals surface area contributed by atoms with Gasteiger partial charge in [0.2, 0.25) is 0 Å². The normalized spacial score (nSPS) is 14.8. The first-order valence-electron chi connectivity index (χ1n) is 5.09. The second kappa shape index (κ2) is 5.58. The van der Waals surface area contributed by atoms with E-state index in [1.165, 1.54) is 6.42 Å².